The van der Waals surface area contributed by atoms with Crippen LogP contribution in [0.1, 0.15) is 94.3 Å². The second-order valence-electron chi connectivity index (χ2n) is 20.4. The number of halogens is 2. The maximum Gasteiger partial charge on any atom is 0.136 e. The number of aliphatic hydroxyl groups is 1. The summed E-state index contributed by atoms with van der Waals surface area (Å²) < 4.78 is 12.4. The highest BCUT2D eigenvalue weighted by molar-refractivity contribution is 6.31. The van der Waals surface area contributed by atoms with Crippen LogP contribution in [0.2, 0.25) is 10.0 Å². The molecule has 8 aromatic carbocycles. The van der Waals surface area contributed by atoms with Crippen LogP contribution >= 0.6 is 23.2 Å². The summed E-state index contributed by atoms with van der Waals surface area (Å²) in [7, 11) is 0. The summed E-state index contributed by atoms with van der Waals surface area (Å²) in [6, 6.07) is 49.0. The smallest absolute Gasteiger partial charge is 0.136 e. The Morgan fingerprint density at radius 1 is 0.415 bits per heavy atom. The topological polar surface area (TPSA) is 46.5 Å². The fourth-order valence-corrected chi connectivity index (χ4v) is 12.1. The van der Waals surface area contributed by atoms with E-state index in [9.17, 15) is 5.11 Å². The number of para-hydroxylation sites is 2. The van der Waals surface area contributed by atoms with Crippen LogP contribution in [0, 0.1) is 0 Å². The number of rotatable bonds is 2. The van der Waals surface area contributed by atoms with Crippen LogP contribution in [0.5, 0.6) is 0 Å². The highest BCUT2D eigenvalue weighted by Crippen LogP contribution is 2.59. The van der Waals surface area contributed by atoms with Gasteiger partial charge in [-0.05, 0) is 164 Å². The summed E-state index contributed by atoms with van der Waals surface area (Å²) >= 11 is 12.7. The number of hydrogen-bond acceptors (Lipinski definition) is 3. The number of fused-ring (bicyclic) bond motifs is 17. The van der Waals surface area contributed by atoms with Crippen LogP contribution in [0.4, 0.5) is 0 Å². The van der Waals surface area contributed by atoms with E-state index in [0.717, 1.165) is 49.4 Å². The number of furan rings is 2. The maximum atomic E-state index is 10.8. The average Bonchev–Trinajstić information content (AvgIpc) is 4.02. The van der Waals surface area contributed by atoms with Crippen molar-refractivity contribution in [3.8, 4) is 44.5 Å². The number of hydrogen-bond donors (Lipinski definition) is 1. The first-order valence-electron chi connectivity index (χ1n) is 22.5. The molecule has 0 aliphatic heterocycles. The SMILES string of the molecule is CC(C)(O)c1cc(Cl)ccc1-c1ccc2c(c1)C(C)(C)c1ccc3oc4ccccc4c3c1-2.CC1(C)c2cc(Cl)ccc2-c2cc3c(cc21)-c1c(ccc2oc4ccccc4c12)C3(C)C. The van der Waals surface area contributed by atoms with Crippen LogP contribution in [0.3, 0.4) is 0 Å². The molecule has 0 amide bonds. The molecule has 2 heterocycles. The summed E-state index contributed by atoms with van der Waals surface area (Å²) in [6.45, 7) is 17.5. The first kappa shape index (κ1) is 40.4. The van der Waals surface area contributed by atoms with Crippen LogP contribution < -0.4 is 0 Å². The molecular formula is C60H48Cl2O3. The fraction of sp³-hybridized carbons (Fsp3) is 0.200. The summed E-state index contributed by atoms with van der Waals surface area (Å²) in [5.41, 5.74) is 21.2. The molecular weight excluding hydrogens is 840 g/mol. The second-order valence-corrected chi connectivity index (χ2v) is 21.3. The lowest BCUT2D eigenvalue weighted by Gasteiger charge is -2.24. The zero-order valence-electron chi connectivity index (χ0n) is 37.8. The highest BCUT2D eigenvalue weighted by Gasteiger charge is 2.43. The van der Waals surface area contributed by atoms with E-state index in [-0.39, 0.29) is 16.2 Å². The van der Waals surface area contributed by atoms with E-state index < -0.39 is 5.60 Å². The third-order valence-electron chi connectivity index (χ3n) is 15.1. The Labute approximate surface area is 389 Å². The van der Waals surface area contributed by atoms with Gasteiger partial charge in [0.15, 0.2) is 0 Å². The first-order chi connectivity index (χ1) is 30.9. The van der Waals surface area contributed by atoms with Gasteiger partial charge in [-0.3, -0.25) is 0 Å². The third kappa shape index (κ3) is 5.65. The van der Waals surface area contributed by atoms with Crippen molar-refractivity contribution < 1.29 is 13.9 Å². The van der Waals surface area contributed by atoms with Gasteiger partial charge < -0.3 is 13.9 Å². The Bertz CT molecular complexity index is 3700. The van der Waals surface area contributed by atoms with Gasteiger partial charge in [0.1, 0.15) is 22.3 Å². The van der Waals surface area contributed by atoms with Gasteiger partial charge in [-0.2, -0.15) is 0 Å². The molecule has 0 radical (unpaired) electrons. The predicted octanol–water partition coefficient (Wildman–Crippen LogP) is 17.3. The Balaban J connectivity index is 0.000000137. The van der Waals surface area contributed by atoms with Gasteiger partial charge in [0.2, 0.25) is 0 Å². The lowest BCUT2D eigenvalue weighted by molar-refractivity contribution is 0.0792. The Morgan fingerprint density at radius 2 is 0.877 bits per heavy atom. The van der Waals surface area contributed by atoms with Crippen LogP contribution in [-0.4, -0.2) is 5.11 Å². The van der Waals surface area contributed by atoms with Crippen molar-refractivity contribution in [1.82, 2.24) is 0 Å². The lowest BCUT2D eigenvalue weighted by Crippen LogP contribution is -2.17. The molecule has 0 spiro atoms. The maximum absolute atomic E-state index is 10.8. The molecule has 3 aliphatic rings. The molecule has 0 fully saturated rings. The molecule has 0 bridgehead atoms. The molecule has 2 aromatic heterocycles. The van der Waals surface area contributed by atoms with Crippen molar-refractivity contribution in [2.45, 2.75) is 77.2 Å². The molecule has 0 saturated heterocycles. The van der Waals surface area contributed by atoms with Gasteiger partial charge in [0, 0.05) is 47.8 Å². The molecule has 5 heteroatoms. The molecule has 0 unspecified atom stereocenters. The molecule has 1 N–H and O–H groups in total. The molecule has 320 valence electrons. The van der Waals surface area contributed by atoms with E-state index in [0.29, 0.717) is 5.02 Å². The number of benzene rings is 8. The minimum atomic E-state index is -1.00. The van der Waals surface area contributed by atoms with Crippen molar-refractivity contribution in [3.05, 3.63) is 189 Å². The van der Waals surface area contributed by atoms with E-state index in [2.05, 4.69) is 139 Å². The van der Waals surface area contributed by atoms with E-state index in [4.69, 9.17) is 32.0 Å². The van der Waals surface area contributed by atoms with E-state index >= 15 is 0 Å². The van der Waals surface area contributed by atoms with Crippen LogP contribution in [0.15, 0.2) is 148 Å². The third-order valence-corrected chi connectivity index (χ3v) is 15.5. The minimum Gasteiger partial charge on any atom is -0.456 e. The Morgan fingerprint density at radius 3 is 1.48 bits per heavy atom. The van der Waals surface area contributed by atoms with Crippen molar-refractivity contribution >= 4 is 67.1 Å². The van der Waals surface area contributed by atoms with Gasteiger partial charge in [-0.25, -0.2) is 0 Å². The van der Waals surface area contributed by atoms with E-state index in [1.165, 1.54) is 82.9 Å². The summed E-state index contributed by atoms with van der Waals surface area (Å²) in [5, 5.41) is 17.0. The monoisotopic (exact) mass is 886 g/mol. The van der Waals surface area contributed by atoms with Crippen molar-refractivity contribution in [3.63, 3.8) is 0 Å². The summed E-state index contributed by atoms with van der Waals surface area (Å²) in [5.74, 6) is 0. The van der Waals surface area contributed by atoms with Crippen molar-refractivity contribution in [2.24, 2.45) is 0 Å². The van der Waals surface area contributed by atoms with E-state index in [1.54, 1.807) is 13.8 Å². The van der Waals surface area contributed by atoms with Gasteiger partial charge in [-0.1, -0.05) is 138 Å². The van der Waals surface area contributed by atoms with Crippen LogP contribution in [-0.2, 0) is 21.8 Å². The minimum absolute atomic E-state index is 0.0778. The van der Waals surface area contributed by atoms with Gasteiger partial charge in [0.05, 0.1) is 5.60 Å². The van der Waals surface area contributed by atoms with Gasteiger partial charge in [0.25, 0.3) is 0 Å². The Kier molecular flexibility index (Phi) is 8.38. The second kappa shape index (κ2) is 13.5. The quantitative estimate of drug-likeness (QED) is 0.188. The normalized spacial score (nSPS) is 15.7. The van der Waals surface area contributed by atoms with Gasteiger partial charge in [-0.15, -0.1) is 0 Å². The zero-order chi connectivity index (χ0) is 45.1. The summed E-state index contributed by atoms with van der Waals surface area (Å²) in [6.07, 6.45) is 0. The molecule has 65 heavy (non-hydrogen) atoms. The Hall–Kier alpha value is -6.10. The highest BCUT2D eigenvalue weighted by atomic mass is 35.5. The fourth-order valence-electron chi connectivity index (χ4n) is 11.7. The first-order valence-corrected chi connectivity index (χ1v) is 23.3. The van der Waals surface area contributed by atoms with E-state index in [1.807, 2.05) is 42.5 Å². The zero-order valence-corrected chi connectivity index (χ0v) is 39.3. The summed E-state index contributed by atoms with van der Waals surface area (Å²) in [4.78, 5) is 0. The largest absolute Gasteiger partial charge is 0.456 e. The average molecular weight is 888 g/mol. The van der Waals surface area contributed by atoms with Crippen LogP contribution in [0.25, 0.3) is 88.4 Å². The molecule has 3 aliphatic carbocycles. The standard InChI is InChI=1S/C30H25ClO2.C30H23ClO/c1-29(2)22-13-14-26-28(21-7-5-6-8-25(21)33-26)27(22)20-11-9-17(15-23(20)29)19-12-10-18(31)16-24(19)30(3,4)32;1-29(2)21-11-12-26-28(18-7-5-6-8-25(18)32-26)27(21)20-15-23-19(14-24(20)29)17-10-9-16(31)13-22(17)30(23,3)4/h5-16,32H,1-4H3;5-15H,1-4H3. The molecule has 0 saturated carbocycles. The van der Waals surface area contributed by atoms with Crippen molar-refractivity contribution in [2.75, 3.05) is 0 Å². The van der Waals surface area contributed by atoms with Crippen molar-refractivity contribution in [1.29, 1.82) is 0 Å². The van der Waals surface area contributed by atoms with Gasteiger partial charge >= 0.3 is 0 Å². The lowest BCUT2D eigenvalue weighted by atomic mass is 9.79. The molecule has 3 nitrogen and oxygen atoms in total. The molecule has 0 atom stereocenters. The molecule has 10 aromatic rings. The predicted molar refractivity (Wildman–Crippen MR) is 271 cm³/mol. The molecule has 13 rings (SSSR count).